The third kappa shape index (κ3) is 4.33. The van der Waals surface area contributed by atoms with Gasteiger partial charge in [-0.05, 0) is 18.8 Å². The van der Waals surface area contributed by atoms with E-state index in [4.69, 9.17) is 4.74 Å². The molecule has 5 heteroatoms. The Morgan fingerprint density at radius 2 is 1.95 bits per heavy atom. The van der Waals surface area contributed by atoms with Crippen LogP contribution in [0.15, 0.2) is 0 Å². The lowest BCUT2D eigenvalue weighted by atomic mass is 10.0. The Labute approximate surface area is 115 Å². The van der Waals surface area contributed by atoms with Crippen molar-refractivity contribution in [1.29, 1.82) is 0 Å². The Morgan fingerprint density at radius 1 is 1.32 bits per heavy atom. The zero-order valence-corrected chi connectivity index (χ0v) is 12.6. The first-order valence-corrected chi connectivity index (χ1v) is 7.06. The maximum Gasteiger partial charge on any atom is 0.360 e. The van der Waals surface area contributed by atoms with Crippen LogP contribution in [0.1, 0.15) is 56.7 Å². The lowest BCUT2D eigenvalue weighted by molar-refractivity contribution is 0.0451. The van der Waals surface area contributed by atoms with Gasteiger partial charge >= 0.3 is 5.97 Å². The van der Waals surface area contributed by atoms with Crippen LogP contribution < -0.4 is 0 Å². The molecular formula is C14H25N3O2. The molecule has 0 aliphatic carbocycles. The van der Waals surface area contributed by atoms with Crippen molar-refractivity contribution in [2.75, 3.05) is 6.61 Å². The van der Waals surface area contributed by atoms with Crippen LogP contribution in [0.2, 0.25) is 0 Å². The molecule has 0 fully saturated rings. The minimum Gasteiger partial charge on any atom is -0.461 e. The van der Waals surface area contributed by atoms with E-state index in [-0.39, 0.29) is 5.97 Å². The second-order valence-electron chi connectivity index (χ2n) is 5.38. The van der Waals surface area contributed by atoms with E-state index >= 15 is 0 Å². The topological polar surface area (TPSA) is 57.0 Å². The zero-order valence-electron chi connectivity index (χ0n) is 12.6. The fourth-order valence-electron chi connectivity index (χ4n) is 1.82. The van der Waals surface area contributed by atoms with Gasteiger partial charge in [0.25, 0.3) is 0 Å². The first kappa shape index (κ1) is 15.7. The molecule has 1 aromatic rings. The van der Waals surface area contributed by atoms with E-state index in [0.29, 0.717) is 24.1 Å². The Hall–Kier alpha value is -1.39. The van der Waals surface area contributed by atoms with Crippen LogP contribution in [0.4, 0.5) is 0 Å². The van der Waals surface area contributed by atoms with Gasteiger partial charge in [-0.15, -0.1) is 5.10 Å². The number of esters is 1. The number of aromatic nitrogens is 3. The number of ether oxygens (including phenoxy) is 1. The minimum absolute atomic E-state index is 0.323. The first-order chi connectivity index (χ1) is 8.99. The highest BCUT2D eigenvalue weighted by atomic mass is 16.5. The molecule has 5 nitrogen and oxygen atoms in total. The Kier molecular flexibility index (Phi) is 5.99. The average Bonchev–Trinajstić information content (AvgIpc) is 2.74. The van der Waals surface area contributed by atoms with Gasteiger partial charge < -0.3 is 4.74 Å². The summed E-state index contributed by atoms with van der Waals surface area (Å²) in [5, 5.41) is 8.02. The number of carbonyl (C=O) groups excluding carboxylic acids is 1. The number of nitrogens with zero attached hydrogens (tertiary/aromatic N) is 3. The van der Waals surface area contributed by atoms with Gasteiger partial charge in [0.2, 0.25) is 0 Å². The summed E-state index contributed by atoms with van der Waals surface area (Å²) >= 11 is 0. The quantitative estimate of drug-likeness (QED) is 0.713. The average molecular weight is 267 g/mol. The predicted molar refractivity (Wildman–Crippen MR) is 74.0 cm³/mol. The maximum absolute atomic E-state index is 11.9. The van der Waals surface area contributed by atoms with E-state index in [1.807, 2.05) is 25.5 Å². The van der Waals surface area contributed by atoms with Gasteiger partial charge in [0, 0.05) is 6.54 Å². The number of rotatable bonds is 7. The summed E-state index contributed by atoms with van der Waals surface area (Å²) in [6.07, 6.45) is 2.20. The summed E-state index contributed by atoms with van der Waals surface area (Å²) in [4.78, 5) is 11.9. The molecule has 0 unspecified atom stereocenters. The van der Waals surface area contributed by atoms with E-state index in [1.165, 1.54) is 0 Å². The highest BCUT2D eigenvalue weighted by Crippen LogP contribution is 2.13. The fourth-order valence-corrected chi connectivity index (χ4v) is 1.82. The second kappa shape index (κ2) is 7.26. The van der Waals surface area contributed by atoms with Crippen LogP contribution in [-0.4, -0.2) is 27.6 Å². The van der Waals surface area contributed by atoms with Crippen LogP contribution in [-0.2, 0) is 11.3 Å². The van der Waals surface area contributed by atoms with Crippen LogP contribution >= 0.6 is 0 Å². The molecule has 0 aliphatic heterocycles. The van der Waals surface area contributed by atoms with Crippen molar-refractivity contribution < 1.29 is 9.53 Å². The normalized spacial score (nSPS) is 11.3. The van der Waals surface area contributed by atoms with Crippen molar-refractivity contribution in [3.8, 4) is 0 Å². The van der Waals surface area contributed by atoms with E-state index in [1.54, 1.807) is 0 Å². The molecule has 19 heavy (non-hydrogen) atoms. The third-order valence-corrected chi connectivity index (χ3v) is 3.31. The van der Waals surface area contributed by atoms with Crippen molar-refractivity contribution >= 4 is 5.97 Å². The van der Waals surface area contributed by atoms with Crippen LogP contribution in [0.5, 0.6) is 0 Å². The third-order valence-electron chi connectivity index (χ3n) is 3.31. The lowest BCUT2D eigenvalue weighted by Gasteiger charge is -2.12. The molecule has 0 bridgehead atoms. The number of hydrogen-bond acceptors (Lipinski definition) is 4. The molecule has 0 aromatic carbocycles. The smallest absolute Gasteiger partial charge is 0.360 e. The van der Waals surface area contributed by atoms with Crippen molar-refractivity contribution in [2.45, 2.75) is 54.0 Å². The van der Waals surface area contributed by atoms with E-state index in [9.17, 15) is 4.79 Å². The highest BCUT2D eigenvalue weighted by Gasteiger charge is 2.19. The highest BCUT2D eigenvalue weighted by molar-refractivity contribution is 5.88. The first-order valence-electron chi connectivity index (χ1n) is 7.06. The molecule has 0 radical (unpaired) electrons. The predicted octanol–water partition coefficient (Wildman–Crippen LogP) is 2.84. The standard InChI is InChI=1S/C14H25N3O2/c1-6-12(7-2)8-17-11(5)13(15-16-17)14(18)19-9-10(3)4/h10,12H,6-9H2,1-5H3. The van der Waals surface area contributed by atoms with Gasteiger partial charge in [-0.2, -0.15) is 0 Å². The number of hydrogen-bond donors (Lipinski definition) is 0. The maximum atomic E-state index is 11.9. The largest absolute Gasteiger partial charge is 0.461 e. The van der Waals surface area contributed by atoms with Gasteiger partial charge in [-0.1, -0.05) is 45.7 Å². The fraction of sp³-hybridized carbons (Fsp3) is 0.786. The van der Waals surface area contributed by atoms with Crippen LogP contribution in [0, 0.1) is 18.8 Å². The van der Waals surface area contributed by atoms with Crippen molar-refractivity contribution in [1.82, 2.24) is 15.0 Å². The van der Waals surface area contributed by atoms with Crippen molar-refractivity contribution in [2.24, 2.45) is 11.8 Å². The molecule has 0 saturated carbocycles. The summed E-state index contributed by atoms with van der Waals surface area (Å²) in [6, 6.07) is 0. The van der Waals surface area contributed by atoms with Gasteiger partial charge in [-0.3, -0.25) is 0 Å². The Bertz CT molecular complexity index is 409. The van der Waals surface area contributed by atoms with Crippen LogP contribution in [0.3, 0.4) is 0 Å². The van der Waals surface area contributed by atoms with Gasteiger partial charge in [0.15, 0.2) is 5.69 Å². The molecule has 0 atom stereocenters. The summed E-state index contributed by atoms with van der Waals surface area (Å²) in [5.74, 6) is 0.519. The Morgan fingerprint density at radius 3 is 2.47 bits per heavy atom. The van der Waals surface area contributed by atoms with Gasteiger partial charge in [0.05, 0.1) is 12.3 Å². The molecule has 0 saturated heterocycles. The molecule has 0 spiro atoms. The van der Waals surface area contributed by atoms with E-state index in [0.717, 1.165) is 25.1 Å². The lowest BCUT2D eigenvalue weighted by Crippen LogP contribution is -2.14. The number of carbonyl (C=O) groups is 1. The second-order valence-corrected chi connectivity index (χ2v) is 5.38. The van der Waals surface area contributed by atoms with Gasteiger partial charge in [0.1, 0.15) is 0 Å². The summed E-state index contributed by atoms with van der Waals surface area (Å²) < 4.78 is 7.00. The van der Waals surface area contributed by atoms with Gasteiger partial charge in [-0.25, -0.2) is 9.48 Å². The summed E-state index contributed by atoms with van der Waals surface area (Å²) in [7, 11) is 0. The van der Waals surface area contributed by atoms with Crippen molar-refractivity contribution in [3.05, 3.63) is 11.4 Å². The summed E-state index contributed by atoms with van der Waals surface area (Å²) in [6.45, 7) is 11.4. The molecule has 0 amide bonds. The minimum atomic E-state index is -0.373. The summed E-state index contributed by atoms with van der Waals surface area (Å²) in [5.41, 5.74) is 1.13. The molecule has 108 valence electrons. The Balaban J connectivity index is 2.72. The molecule has 0 aliphatic rings. The molecule has 0 N–H and O–H groups in total. The van der Waals surface area contributed by atoms with E-state index in [2.05, 4.69) is 24.2 Å². The van der Waals surface area contributed by atoms with Crippen molar-refractivity contribution in [3.63, 3.8) is 0 Å². The van der Waals surface area contributed by atoms with E-state index < -0.39 is 0 Å². The molecule has 1 rings (SSSR count). The monoisotopic (exact) mass is 267 g/mol. The van der Waals surface area contributed by atoms with Crippen LogP contribution in [0.25, 0.3) is 0 Å². The molecule has 1 aromatic heterocycles. The molecular weight excluding hydrogens is 242 g/mol. The molecule has 1 heterocycles. The zero-order chi connectivity index (χ0) is 14.4. The SMILES string of the molecule is CCC(CC)Cn1nnc(C(=O)OCC(C)C)c1C.